The summed E-state index contributed by atoms with van der Waals surface area (Å²) in [6.07, 6.45) is 0.399. The lowest BCUT2D eigenvalue weighted by Crippen LogP contribution is -2.40. The van der Waals surface area contributed by atoms with Gasteiger partial charge in [-0.25, -0.2) is 8.78 Å². The van der Waals surface area contributed by atoms with Crippen molar-refractivity contribution in [1.82, 2.24) is 4.90 Å². The van der Waals surface area contributed by atoms with Crippen molar-refractivity contribution in [2.24, 2.45) is 0 Å². The zero-order valence-electron chi connectivity index (χ0n) is 20.8. The van der Waals surface area contributed by atoms with Crippen molar-refractivity contribution < 1.29 is 32.6 Å². The van der Waals surface area contributed by atoms with Gasteiger partial charge < -0.3 is 24.4 Å². The minimum absolute atomic E-state index is 0.141. The van der Waals surface area contributed by atoms with Gasteiger partial charge >= 0.3 is 0 Å². The summed E-state index contributed by atoms with van der Waals surface area (Å²) in [7, 11) is 3.14. The highest BCUT2D eigenvalue weighted by Gasteiger charge is 2.30. The number of hydrogen-bond acceptors (Lipinski definition) is 5. The van der Waals surface area contributed by atoms with Gasteiger partial charge in [-0.3, -0.25) is 9.59 Å². The van der Waals surface area contributed by atoms with Crippen LogP contribution in [0.3, 0.4) is 0 Å². The molecule has 1 unspecified atom stereocenters. The minimum Gasteiger partial charge on any atom is -0.493 e. The summed E-state index contributed by atoms with van der Waals surface area (Å²) in [5, 5.41) is 2.54. The van der Waals surface area contributed by atoms with Crippen molar-refractivity contribution >= 4 is 17.5 Å². The summed E-state index contributed by atoms with van der Waals surface area (Å²) in [6, 6.07) is 13.7. The minimum atomic E-state index is -0.951. The second kappa shape index (κ2) is 11.3. The third-order valence-electron chi connectivity index (χ3n) is 6.21. The summed E-state index contributed by atoms with van der Waals surface area (Å²) in [5.74, 6) is -1.20. The third-order valence-corrected chi connectivity index (χ3v) is 6.21. The number of ether oxygens (including phenoxy) is 3. The number of nitrogens with one attached hydrogen (secondary N) is 1. The van der Waals surface area contributed by atoms with Crippen LogP contribution in [0.15, 0.2) is 54.6 Å². The second-order valence-electron chi connectivity index (χ2n) is 8.59. The van der Waals surface area contributed by atoms with E-state index in [1.54, 1.807) is 37.3 Å². The first-order valence-corrected chi connectivity index (χ1v) is 11.9. The number of fused-ring (bicyclic) bond motifs is 1. The Kier molecular flexibility index (Phi) is 7.91. The molecule has 0 aliphatic carbocycles. The van der Waals surface area contributed by atoms with Crippen LogP contribution in [0.5, 0.6) is 17.2 Å². The highest BCUT2D eigenvalue weighted by Crippen LogP contribution is 2.31. The molecule has 1 aliphatic rings. The molecule has 9 heteroatoms. The number of benzene rings is 3. The molecule has 0 saturated carbocycles. The average molecular weight is 511 g/mol. The van der Waals surface area contributed by atoms with E-state index >= 15 is 0 Å². The number of carbonyl (C=O) groups is 2. The van der Waals surface area contributed by atoms with E-state index in [9.17, 15) is 18.4 Å². The van der Waals surface area contributed by atoms with Crippen molar-refractivity contribution in [2.45, 2.75) is 32.4 Å². The van der Waals surface area contributed by atoms with Crippen LogP contribution in [0, 0.1) is 11.6 Å². The fourth-order valence-electron chi connectivity index (χ4n) is 4.24. The van der Waals surface area contributed by atoms with Crippen LogP contribution in [0.4, 0.5) is 14.5 Å². The molecule has 7 nitrogen and oxygen atoms in total. The Morgan fingerprint density at radius 1 is 1.05 bits per heavy atom. The quantitative estimate of drug-likeness (QED) is 0.463. The SMILES string of the molecule is CCC1Oc2ccc(NC(=O)c3c(F)cccc3F)cc2CN(CCc2ccc(OC)c(OC)c2)C1=O. The van der Waals surface area contributed by atoms with E-state index in [1.165, 1.54) is 6.07 Å². The largest absolute Gasteiger partial charge is 0.493 e. The molecule has 0 fully saturated rings. The maximum atomic E-state index is 14.0. The number of hydrogen-bond donors (Lipinski definition) is 1. The molecule has 1 atom stereocenters. The van der Waals surface area contributed by atoms with Gasteiger partial charge in [0.05, 0.1) is 14.2 Å². The molecule has 0 saturated heterocycles. The van der Waals surface area contributed by atoms with E-state index < -0.39 is 29.2 Å². The summed E-state index contributed by atoms with van der Waals surface area (Å²) in [5.41, 5.74) is 1.31. The molecular formula is C28H28F2N2O5. The third kappa shape index (κ3) is 5.66. The van der Waals surface area contributed by atoms with Crippen LogP contribution < -0.4 is 19.5 Å². The maximum absolute atomic E-state index is 14.0. The van der Waals surface area contributed by atoms with Crippen LogP contribution >= 0.6 is 0 Å². The van der Waals surface area contributed by atoms with E-state index in [4.69, 9.17) is 14.2 Å². The van der Waals surface area contributed by atoms with Gasteiger partial charge in [-0.2, -0.15) is 0 Å². The number of nitrogens with zero attached hydrogens (tertiary/aromatic N) is 1. The molecule has 194 valence electrons. The lowest BCUT2D eigenvalue weighted by Gasteiger charge is -2.23. The summed E-state index contributed by atoms with van der Waals surface area (Å²) in [4.78, 5) is 27.5. The Morgan fingerprint density at radius 2 is 1.78 bits per heavy atom. The first-order chi connectivity index (χ1) is 17.8. The zero-order valence-corrected chi connectivity index (χ0v) is 20.8. The molecule has 1 N–H and O–H groups in total. The number of rotatable bonds is 8. The van der Waals surface area contributed by atoms with Crippen LogP contribution in [0.1, 0.15) is 34.8 Å². The van der Waals surface area contributed by atoms with Gasteiger partial charge in [0.15, 0.2) is 17.6 Å². The van der Waals surface area contributed by atoms with Crippen molar-refractivity contribution in [1.29, 1.82) is 0 Å². The van der Waals surface area contributed by atoms with E-state index in [-0.39, 0.29) is 12.5 Å². The van der Waals surface area contributed by atoms with Crippen LogP contribution in [-0.2, 0) is 17.8 Å². The molecule has 0 spiro atoms. The van der Waals surface area contributed by atoms with Crippen molar-refractivity contribution in [3.63, 3.8) is 0 Å². The smallest absolute Gasteiger partial charge is 0.263 e. The highest BCUT2D eigenvalue weighted by atomic mass is 19.1. The monoisotopic (exact) mass is 510 g/mol. The van der Waals surface area contributed by atoms with Crippen molar-refractivity contribution in [3.8, 4) is 17.2 Å². The van der Waals surface area contributed by atoms with Crippen molar-refractivity contribution in [3.05, 3.63) is 82.9 Å². The number of anilines is 1. The molecule has 3 aromatic rings. The van der Waals surface area contributed by atoms with Crippen LogP contribution in [0.2, 0.25) is 0 Å². The van der Waals surface area contributed by atoms with Gasteiger partial charge in [0.1, 0.15) is 22.9 Å². The summed E-state index contributed by atoms with van der Waals surface area (Å²) < 4.78 is 44.7. The van der Waals surface area contributed by atoms with E-state index in [0.717, 1.165) is 17.7 Å². The Morgan fingerprint density at radius 3 is 2.46 bits per heavy atom. The highest BCUT2D eigenvalue weighted by molar-refractivity contribution is 6.04. The first kappa shape index (κ1) is 25.9. The topological polar surface area (TPSA) is 77.1 Å². The van der Waals surface area contributed by atoms with Gasteiger partial charge in [0.25, 0.3) is 11.8 Å². The molecule has 3 aromatic carbocycles. The van der Waals surface area contributed by atoms with Gasteiger partial charge in [-0.15, -0.1) is 0 Å². The van der Waals surface area contributed by atoms with Crippen LogP contribution in [0.25, 0.3) is 0 Å². The summed E-state index contributed by atoms with van der Waals surface area (Å²) >= 11 is 0. The van der Waals surface area contributed by atoms with Gasteiger partial charge in [-0.1, -0.05) is 19.1 Å². The van der Waals surface area contributed by atoms with Gasteiger partial charge in [0, 0.05) is 24.3 Å². The number of methoxy groups -OCH3 is 2. The standard InChI is InChI=1S/C28H28F2N2O5/c1-4-22-28(34)32(13-12-17-8-10-24(35-2)25(14-17)36-3)16-18-15-19(9-11-23(18)37-22)31-27(33)26-20(29)6-5-7-21(26)30/h5-11,14-15,22H,4,12-13,16H2,1-3H3,(H,31,33). The molecule has 1 aliphatic heterocycles. The first-order valence-electron chi connectivity index (χ1n) is 11.9. The van der Waals surface area contributed by atoms with Gasteiger partial charge in [-0.05, 0) is 60.9 Å². The predicted octanol–water partition coefficient (Wildman–Crippen LogP) is 4.98. The molecule has 4 rings (SSSR count). The molecule has 2 amide bonds. The molecule has 1 heterocycles. The maximum Gasteiger partial charge on any atom is 0.263 e. The normalized spacial score (nSPS) is 14.9. The molecular weight excluding hydrogens is 482 g/mol. The zero-order chi connectivity index (χ0) is 26.5. The molecule has 37 heavy (non-hydrogen) atoms. The Bertz CT molecular complexity index is 1290. The number of amides is 2. The Labute approximate surface area is 213 Å². The lowest BCUT2D eigenvalue weighted by molar-refractivity contribution is -0.138. The predicted molar refractivity (Wildman–Crippen MR) is 134 cm³/mol. The average Bonchev–Trinajstić information content (AvgIpc) is 3.02. The fourth-order valence-corrected chi connectivity index (χ4v) is 4.24. The van der Waals surface area contributed by atoms with E-state index in [2.05, 4.69) is 5.32 Å². The second-order valence-corrected chi connectivity index (χ2v) is 8.59. The lowest BCUT2D eigenvalue weighted by atomic mass is 10.1. The molecule has 0 radical (unpaired) electrons. The Balaban J connectivity index is 1.55. The van der Waals surface area contributed by atoms with E-state index in [0.29, 0.717) is 47.9 Å². The number of carbonyl (C=O) groups excluding carboxylic acids is 2. The number of halogens is 2. The summed E-state index contributed by atoms with van der Waals surface area (Å²) in [6.45, 7) is 2.54. The van der Waals surface area contributed by atoms with E-state index in [1.807, 2.05) is 25.1 Å². The van der Waals surface area contributed by atoms with Crippen molar-refractivity contribution in [2.75, 3.05) is 26.1 Å². The Hall–Kier alpha value is -4.14. The van der Waals surface area contributed by atoms with Crippen LogP contribution in [-0.4, -0.2) is 43.6 Å². The molecule has 0 bridgehead atoms. The van der Waals surface area contributed by atoms with Gasteiger partial charge in [0.2, 0.25) is 0 Å². The molecule has 0 aromatic heterocycles. The fraction of sp³-hybridized carbons (Fsp3) is 0.286.